The van der Waals surface area contributed by atoms with E-state index in [1.807, 2.05) is 47.8 Å². The number of carbonyl (C=O) groups is 1. The fraction of sp³-hybridized carbons (Fsp3) is 0.0769. The molecule has 80 valence electrons. The first kappa shape index (κ1) is 10.8. The number of thiophene rings is 1. The summed E-state index contributed by atoms with van der Waals surface area (Å²) < 4.78 is 0. The topological polar surface area (TPSA) is 29.4 Å². The normalized spacial score (nSPS) is 10.8. The summed E-state index contributed by atoms with van der Waals surface area (Å²) in [5, 5.41) is 1.90. The van der Waals surface area contributed by atoms with Crippen molar-refractivity contribution in [2.45, 2.75) is 6.42 Å². The van der Waals surface area contributed by atoms with Crippen molar-refractivity contribution in [1.29, 1.82) is 0 Å². The third-order valence-electron chi connectivity index (χ3n) is 2.07. The highest BCUT2D eigenvalue weighted by molar-refractivity contribution is 7.12. The van der Waals surface area contributed by atoms with Crippen molar-refractivity contribution in [3.05, 3.63) is 52.7 Å². The molecule has 0 aliphatic rings. The van der Waals surface area contributed by atoms with Crippen LogP contribution in [0.4, 0.5) is 5.69 Å². The zero-order chi connectivity index (χ0) is 11.2. The van der Waals surface area contributed by atoms with E-state index in [2.05, 4.69) is 4.99 Å². The average Bonchev–Trinajstić information content (AvgIpc) is 2.84. The van der Waals surface area contributed by atoms with Crippen molar-refractivity contribution >= 4 is 29.0 Å². The van der Waals surface area contributed by atoms with Gasteiger partial charge in [0.05, 0.1) is 10.6 Å². The molecule has 0 atom stereocenters. The molecule has 0 saturated carbocycles. The smallest absolute Gasteiger partial charge is 0.178 e. The minimum absolute atomic E-state index is 0.120. The molecule has 16 heavy (non-hydrogen) atoms. The summed E-state index contributed by atoms with van der Waals surface area (Å²) in [5.74, 6) is 0.120. The molecule has 0 aliphatic heterocycles. The number of carbonyl (C=O) groups excluding carboxylic acids is 1. The number of para-hydroxylation sites is 1. The highest BCUT2D eigenvalue weighted by Crippen LogP contribution is 2.12. The number of Topliss-reactive ketones (excluding diaryl/α,β-unsaturated/α-hetero) is 1. The van der Waals surface area contributed by atoms with Gasteiger partial charge in [-0.05, 0) is 23.6 Å². The highest BCUT2D eigenvalue weighted by atomic mass is 32.1. The lowest BCUT2D eigenvalue weighted by Gasteiger charge is -1.92. The van der Waals surface area contributed by atoms with Gasteiger partial charge in [-0.3, -0.25) is 9.79 Å². The van der Waals surface area contributed by atoms with E-state index in [-0.39, 0.29) is 5.78 Å². The zero-order valence-electron chi connectivity index (χ0n) is 8.67. The molecule has 3 heteroatoms. The third kappa shape index (κ3) is 2.87. The van der Waals surface area contributed by atoms with Gasteiger partial charge in [0.25, 0.3) is 0 Å². The highest BCUT2D eigenvalue weighted by Gasteiger charge is 2.03. The van der Waals surface area contributed by atoms with Gasteiger partial charge in [0.1, 0.15) is 0 Å². The number of hydrogen-bond acceptors (Lipinski definition) is 3. The summed E-state index contributed by atoms with van der Waals surface area (Å²) >= 11 is 1.47. The Morgan fingerprint density at radius 2 is 2.00 bits per heavy atom. The van der Waals surface area contributed by atoms with Gasteiger partial charge in [-0.15, -0.1) is 11.3 Å². The predicted molar refractivity (Wildman–Crippen MR) is 67.9 cm³/mol. The molecular weight excluding hydrogens is 218 g/mol. The second-order valence-corrected chi connectivity index (χ2v) is 4.20. The maximum absolute atomic E-state index is 11.6. The van der Waals surface area contributed by atoms with E-state index in [0.717, 1.165) is 10.6 Å². The molecule has 0 N–H and O–H groups in total. The van der Waals surface area contributed by atoms with Gasteiger partial charge in [-0.2, -0.15) is 0 Å². The minimum Gasteiger partial charge on any atom is -0.293 e. The van der Waals surface area contributed by atoms with E-state index in [9.17, 15) is 4.79 Å². The molecule has 1 aromatic heterocycles. The van der Waals surface area contributed by atoms with Crippen molar-refractivity contribution in [2.24, 2.45) is 4.99 Å². The monoisotopic (exact) mass is 229 g/mol. The molecule has 1 aromatic carbocycles. The fourth-order valence-corrected chi connectivity index (χ4v) is 1.96. The van der Waals surface area contributed by atoms with Crippen LogP contribution in [0, 0.1) is 0 Å². The lowest BCUT2D eigenvalue weighted by atomic mass is 10.2. The first-order valence-electron chi connectivity index (χ1n) is 5.00. The largest absolute Gasteiger partial charge is 0.293 e. The number of nitrogens with zero attached hydrogens (tertiary/aromatic N) is 1. The fourth-order valence-electron chi connectivity index (χ4n) is 1.29. The van der Waals surface area contributed by atoms with Crippen molar-refractivity contribution in [2.75, 3.05) is 0 Å². The number of aliphatic imine (C=N–C) groups is 1. The standard InChI is InChI=1S/C13H11NOS/c15-12(13-7-4-10-16-13)8-9-14-11-5-2-1-3-6-11/h1-7,9-10H,8H2. The van der Waals surface area contributed by atoms with Gasteiger partial charge in [-0.25, -0.2) is 0 Å². The maximum atomic E-state index is 11.6. The number of hydrogen-bond donors (Lipinski definition) is 0. The Morgan fingerprint density at radius 1 is 1.19 bits per heavy atom. The van der Waals surface area contributed by atoms with Gasteiger partial charge in [0.2, 0.25) is 0 Å². The van der Waals surface area contributed by atoms with Crippen LogP contribution in [0.15, 0.2) is 52.8 Å². The van der Waals surface area contributed by atoms with Gasteiger partial charge in [0, 0.05) is 12.6 Å². The quantitative estimate of drug-likeness (QED) is 0.580. The average molecular weight is 229 g/mol. The van der Waals surface area contributed by atoms with Crippen LogP contribution in [-0.2, 0) is 0 Å². The first-order valence-corrected chi connectivity index (χ1v) is 5.88. The second kappa shape index (κ2) is 5.37. The van der Waals surface area contributed by atoms with E-state index in [1.54, 1.807) is 6.21 Å². The van der Waals surface area contributed by atoms with Crippen LogP contribution in [-0.4, -0.2) is 12.0 Å². The Balaban J connectivity index is 1.93. The molecule has 2 aromatic rings. The Bertz CT molecular complexity index is 474. The van der Waals surface area contributed by atoms with E-state index >= 15 is 0 Å². The maximum Gasteiger partial charge on any atom is 0.178 e. The predicted octanol–water partition coefficient (Wildman–Crippen LogP) is 3.72. The molecule has 0 saturated heterocycles. The third-order valence-corrected chi connectivity index (χ3v) is 2.98. The number of rotatable bonds is 4. The summed E-state index contributed by atoms with van der Waals surface area (Å²) in [6.45, 7) is 0. The van der Waals surface area contributed by atoms with Crippen LogP contribution < -0.4 is 0 Å². The molecule has 0 aliphatic carbocycles. The van der Waals surface area contributed by atoms with Crippen molar-refractivity contribution in [3.8, 4) is 0 Å². The first-order chi connectivity index (χ1) is 7.86. The van der Waals surface area contributed by atoms with Crippen LogP contribution in [0.3, 0.4) is 0 Å². The van der Waals surface area contributed by atoms with Crippen LogP contribution >= 0.6 is 11.3 Å². The summed E-state index contributed by atoms with van der Waals surface area (Å²) in [6, 6.07) is 13.3. The van der Waals surface area contributed by atoms with E-state index in [4.69, 9.17) is 0 Å². The van der Waals surface area contributed by atoms with Crippen molar-refractivity contribution < 1.29 is 4.79 Å². The summed E-state index contributed by atoms with van der Waals surface area (Å²) in [6.07, 6.45) is 2.02. The Morgan fingerprint density at radius 3 is 2.69 bits per heavy atom. The molecule has 0 radical (unpaired) electrons. The van der Waals surface area contributed by atoms with E-state index < -0.39 is 0 Å². The minimum atomic E-state index is 0.120. The molecular formula is C13H11NOS. The number of ketones is 1. The number of benzene rings is 1. The molecule has 0 unspecified atom stereocenters. The van der Waals surface area contributed by atoms with E-state index in [1.165, 1.54) is 11.3 Å². The van der Waals surface area contributed by atoms with Crippen molar-refractivity contribution in [3.63, 3.8) is 0 Å². The molecule has 0 spiro atoms. The Kier molecular flexibility index (Phi) is 3.62. The zero-order valence-corrected chi connectivity index (χ0v) is 9.48. The van der Waals surface area contributed by atoms with Gasteiger partial charge >= 0.3 is 0 Å². The van der Waals surface area contributed by atoms with E-state index in [0.29, 0.717) is 6.42 Å². The van der Waals surface area contributed by atoms with Gasteiger partial charge in [0.15, 0.2) is 5.78 Å². The van der Waals surface area contributed by atoms with Crippen LogP contribution in [0.2, 0.25) is 0 Å². The lowest BCUT2D eigenvalue weighted by molar-refractivity contribution is 0.101. The van der Waals surface area contributed by atoms with Gasteiger partial charge in [-0.1, -0.05) is 24.3 Å². The molecule has 1 heterocycles. The van der Waals surface area contributed by atoms with Gasteiger partial charge < -0.3 is 0 Å². The molecule has 0 amide bonds. The van der Waals surface area contributed by atoms with Crippen LogP contribution in [0.5, 0.6) is 0 Å². The van der Waals surface area contributed by atoms with Crippen molar-refractivity contribution in [1.82, 2.24) is 0 Å². The summed E-state index contributed by atoms with van der Waals surface area (Å²) in [5.41, 5.74) is 0.876. The SMILES string of the molecule is O=C(CC=Nc1ccccc1)c1cccs1. The Hall–Kier alpha value is -1.74. The van der Waals surface area contributed by atoms with Crippen LogP contribution in [0.1, 0.15) is 16.1 Å². The summed E-state index contributed by atoms with van der Waals surface area (Å²) in [4.78, 5) is 16.6. The molecule has 0 bridgehead atoms. The second-order valence-electron chi connectivity index (χ2n) is 3.25. The Labute approximate surface area is 98.3 Å². The molecule has 0 fully saturated rings. The molecule has 2 nitrogen and oxygen atoms in total. The summed E-state index contributed by atoms with van der Waals surface area (Å²) in [7, 11) is 0. The van der Waals surface area contributed by atoms with Crippen LogP contribution in [0.25, 0.3) is 0 Å². The lowest BCUT2D eigenvalue weighted by Crippen LogP contribution is -1.95. The molecule has 2 rings (SSSR count).